The highest BCUT2D eigenvalue weighted by Crippen LogP contribution is 2.24. The molecule has 2 aliphatic heterocycles. The van der Waals surface area contributed by atoms with Crippen LogP contribution in [0.4, 0.5) is 0 Å². The van der Waals surface area contributed by atoms with Crippen molar-refractivity contribution in [3.63, 3.8) is 0 Å². The van der Waals surface area contributed by atoms with Gasteiger partial charge in [0.15, 0.2) is 0 Å². The molecule has 2 aliphatic rings. The summed E-state index contributed by atoms with van der Waals surface area (Å²) in [7, 11) is 2.21. The summed E-state index contributed by atoms with van der Waals surface area (Å²) in [6.45, 7) is 5.91. The molecule has 0 aromatic heterocycles. The number of nitrogens with two attached hydrogens (primary N) is 1. The lowest BCUT2D eigenvalue weighted by molar-refractivity contribution is 0.0876. The van der Waals surface area contributed by atoms with Crippen molar-refractivity contribution < 1.29 is 0 Å². The maximum Gasteiger partial charge on any atom is 0.0160 e. The van der Waals surface area contributed by atoms with Gasteiger partial charge in [0.1, 0.15) is 0 Å². The first kappa shape index (κ1) is 10.4. The number of piperidine rings is 1. The van der Waals surface area contributed by atoms with Gasteiger partial charge in [0.05, 0.1) is 0 Å². The van der Waals surface area contributed by atoms with Gasteiger partial charge in [-0.25, -0.2) is 0 Å². The van der Waals surface area contributed by atoms with Gasteiger partial charge in [-0.15, -0.1) is 0 Å². The van der Waals surface area contributed by atoms with Gasteiger partial charge < -0.3 is 10.6 Å². The molecule has 2 heterocycles. The van der Waals surface area contributed by atoms with Crippen LogP contribution in [0.25, 0.3) is 0 Å². The molecule has 0 bridgehead atoms. The Morgan fingerprint density at radius 2 is 1.93 bits per heavy atom. The smallest absolute Gasteiger partial charge is 0.0160 e. The number of hydrogen-bond donors (Lipinski definition) is 1. The van der Waals surface area contributed by atoms with Crippen LogP contribution >= 0.6 is 0 Å². The molecule has 0 radical (unpaired) electrons. The van der Waals surface area contributed by atoms with E-state index in [0.29, 0.717) is 5.92 Å². The number of rotatable bonds is 2. The molecule has 0 amide bonds. The third kappa shape index (κ3) is 2.10. The van der Waals surface area contributed by atoms with Crippen molar-refractivity contribution in [1.82, 2.24) is 9.80 Å². The molecule has 2 saturated heterocycles. The number of hydrogen-bond acceptors (Lipinski definition) is 3. The standard InChI is InChI=1S/C11H23N3/c1-13-7-4-11(10(8-12)9-13)14-5-2-3-6-14/h10-11H,2-9,12H2,1H3. The van der Waals surface area contributed by atoms with Crippen LogP contribution in [0.3, 0.4) is 0 Å². The zero-order chi connectivity index (χ0) is 9.97. The summed E-state index contributed by atoms with van der Waals surface area (Å²) < 4.78 is 0. The summed E-state index contributed by atoms with van der Waals surface area (Å²) >= 11 is 0. The third-order valence-electron chi connectivity index (χ3n) is 3.81. The maximum atomic E-state index is 5.87. The van der Waals surface area contributed by atoms with Crippen molar-refractivity contribution in [3.05, 3.63) is 0 Å². The van der Waals surface area contributed by atoms with Crippen molar-refractivity contribution in [2.75, 3.05) is 39.8 Å². The van der Waals surface area contributed by atoms with Crippen molar-refractivity contribution in [3.8, 4) is 0 Å². The van der Waals surface area contributed by atoms with Crippen LogP contribution < -0.4 is 5.73 Å². The highest BCUT2D eigenvalue weighted by Gasteiger charge is 2.32. The zero-order valence-corrected chi connectivity index (χ0v) is 9.28. The monoisotopic (exact) mass is 197 g/mol. The molecule has 2 unspecified atom stereocenters. The summed E-state index contributed by atoms with van der Waals surface area (Å²) in [6, 6.07) is 0.777. The van der Waals surface area contributed by atoms with E-state index in [0.717, 1.165) is 12.6 Å². The van der Waals surface area contributed by atoms with Crippen molar-refractivity contribution >= 4 is 0 Å². The lowest BCUT2D eigenvalue weighted by Gasteiger charge is -2.41. The fourth-order valence-electron chi connectivity index (χ4n) is 2.99. The molecule has 3 nitrogen and oxygen atoms in total. The Labute approximate surface area is 87.2 Å². The Morgan fingerprint density at radius 1 is 1.21 bits per heavy atom. The fourth-order valence-corrected chi connectivity index (χ4v) is 2.99. The highest BCUT2D eigenvalue weighted by atomic mass is 15.2. The van der Waals surface area contributed by atoms with E-state index < -0.39 is 0 Å². The van der Waals surface area contributed by atoms with Gasteiger partial charge in [0, 0.05) is 12.6 Å². The Morgan fingerprint density at radius 3 is 2.57 bits per heavy atom. The molecule has 82 valence electrons. The lowest BCUT2D eigenvalue weighted by Crippen LogP contribution is -2.51. The molecule has 0 spiro atoms. The van der Waals surface area contributed by atoms with E-state index in [1.807, 2.05) is 0 Å². The second-order valence-electron chi connectivity index (χ2n) is 4.86. The average molecular weight is 197 g/mol. The molecule has 2 N–H and O–H groups in total. The number of likely N-dealkylation sites (tertiary alicyclic amines) is 2. The van der Waals surface area contributed by atoms with Crippen molar-refractivity contribution in [1.29, 1.82) is 0 Å². The normalized spacial score (nSPS) is 36.4. The van der Waals surface area contributed by atoms with Crippen molar-refractivity contribution in [2.24, 2.45) is 11.7 Å². The molecular weight excluding hydrogens is 174 g/mol. The van der Waals surface area contributed by atoms with Crippen LogP contribution in [0.2, 0.25) is 0 Å². The summed E-state index contributed by atoms with van der Waals surface area (Å²) in [5.41, 5.74) is 5.87. The molecule has 14 heavy (non-hydrogen) atoms. The predicted molar refractivity (Wildman–Crippen MR) is 59.3 cm³/mol. The first-order chi connectivity index (χ1) is 6.81. The molecule has 0 aliphatic carbocycles. The molecule has 0 aromatic rings. The van der Waals surface area contributed by atoms with E-state index in [4.69, 9.17) is 5.73 Å². The largest absolute Gasteiger partial charge is 0.330 e. The highest BCUT2D eigenvalue weighted by molar-refractivity contribution is 4.88. The van der Waals surface area contributed by atoms with Gasteiger partial charge in [0.25, 0.3) is 0 Å². The average Bonchev–Trinajstić information content (AvgIpc) is 2.70. The summed E-state index contributed by atoms with van der Waals surface area (Å²) in [5, 5.41) is 0. The second kappa shape index (κ2) is 4.60. The quantitative estimate of drug-likeness (QED) is 0.694. The predicted octanol–water partition coefficient (Wildman–Crippen LogP) is 0.361. The van der Waals surface area contributed by atoms with Gasteiger partial charge in [-0.2, -0.15) is 0 Å². The summed E-state index contributed by atoms with van der Waals surface area (Å²) in [6.07, 6.45) is 4.10. The van der Waals surface area contributed by atoms with Gasteiger partial charge in [-0.3, -0.25) is 4.90 Å². The zero-order valence-electron chi connectivity index (χ0n) is 9.28. The SMILES string of the molecule is CN1CCC(N2CCCC2)C(CN)C1. The van der Waals surface area contributed by atoms with Gasteiger partial charge in [-0.1, -0.05) is 0 Å². The minimum Gasteiger partial charge on any atom is -0.330 e. The van der Waals surface area contributed by atoms with Crippen LogP contribution in [0.15, 0.2) is 0 Å². The fraction of sp³-hybridized carbons (Fsp3) is 1.00. The van der Waals surface area contributed by atoms with E-state index in [-0.39, 0.29) is 0 Å². The summed E-state index contributed by atoms with van der Waals surface area (Å²) in [5.74, 6) is 0.701. The van der Waals surface area contributed by atoms with Crippen LogP contribution in [0, 0.1) is 5.92 Å². The molecular formula is C11H23N3. The van der Waals surface area contributed by atoms with Gasteiger partial charge in [0.2, 0.25) is 0 Å². The Bertz CT molecular complexity index is 177. The second-order valence-corrected chi connectivity index (χ2v) is 4.86. The van der Waals surface area contributed by atoms with E-state index >= 15 is 0 Å². The molecule has 0 saturated carbocycles. The lowest BCUT2D eigenvalue weighted by atomic mass is 9.91. The minimum absolute atomic E-state index is 0.701. The van der Waals surface area contributed by atoms with Crippen LogP contribution in [-0.2, 0) is 0 Å². The Kier molecular flexibility index (Phi) is 3.42. The number of nitrogens with zero attached hydrogens (tertiary/aromatic N) is 2. The van der Waals surface area contributed by atoms with Gasteiger partial charge in [-0.05, 0) is 58.4 Å². The first-order valence-corrected chi connectivity index (χ1v) is 5.94. The molecule has 2 fully saturated rings. The van der Waals surface area contributed by atoms with Crippen LogP contribution in [0.5, 0.6) is 0 Å². The summed E-state index contributed by atoms with van der Waals surface area (Å²) in [4.78, 5) is 5.09. The van der Waals surface area contributed by atoms with E-state index in [1.165, 1.54) is 45.4 Å². The first-order valence-electron chi connectivity index (χ1n) is 5.94. The Hall–Kier alpha value is -0.120. The minimum atomic E-state index is 0.701. The molecule has 3 heteroatoms. The third-order valence-corrected chi connectivity index (χ3v) is 3.81. The molecule has 0 aromatic carbocycles. The van der Waals surface area contributed by atoms with Crippen molar-refractivity contribution in [2.45, 2.75) is 25.3 Å². The van der Waals surface area contributed by atoms with Crippen LogP contribution in [-0.4, -0.2) is 55.6 Å². The maximum absolute atomic E-state index is 5.87. The van der Waals surface area contributed by atoms with E-state index in [1.54, 1.807) is 0 Å². The molecule has 2 rings (SSSR count). The Balaban J connectivity index is 1.94. The van der Waals surface area contributed by atoms with Crippen LogP contribution in [0.1, 0.15) is 19.3 Å². The van der Waals surface area contributed by atoms with E-state index in [9.17, 15) is 0 Å². The van der Waals surface area contributed by atoms with Gasteiger partial charge >= 0.3 is 0 Å². The molecule has 2 atom stereocenters. The van der Waals surface area contributed by atoms with E-state index in [2.05, 4.69) is 16.8 Å². The topological polar surface area (TPSA) is 32.5 Å².